The molecule has 0 radical (unpaired) electrons. The van der Waals surface area contributed by atoms with E-state index in [0.717, 1.165) is 16.7 Å². The van der Waals surface area contributed by atoms with Crippen molar-refractivity contribution in [3.8, 4) is 0 Å². The summed E-state index contributed by atoms with van der Waals surface area (Å²) in [7, 11) is 0. The van der Waals surface area contributed by atoms with Gasteiger partial charge in [-0.15, -0.1) is 0 Å². The summed E-state index contributed by atoms with van der Waals surface area (Å²) in [6.07, 6.45) is 0. The van der Waals surface area contributed by atoms with Crippen LogP contribution in [0.5, 0.6) is 0 Å². The Balaban J connectivity index is 2.19. The van der Waals surface area contributed by atoms with Crippen LogP contribution >= 0.6 is 11.9 Å². The Bertz CT molecular complexity index is 741. The maximum atomic E-state index is 11.3. The highest BCUT2D eigenvalue weighted by Gasteiger charge is 2.38. The van der Waals surface area contributed by atoms with Crippen molar-refractivity contribution in [1.29, 1.82) is 0 Å². The van der Waals surface area contributed by atoms with Gasteiger partial charge in [0.2, 0.25) is 0 Å². The summed E-state index contributed by atoms with van der Waals surface area (Å²) in [5.41, 5.74) is 3.27. The summed E-state index contributed by atoms with van der Waals surface area (Å²) in [4.78, 5) is 11.3. The average molecular weight is 363 g/mol. The van der Waals surface area contributed by atoms with Crippen LogP contribution in [0.2, 0.25) is 0 Å². The van der Waals surface area contributed by atoms with Crippen molar-refractivity contribution in [2.24, 2.45) is 0 Å². The smallest absolute Gasteiger partial charge is 0.321 e. The van der Waals surface area contributed by atoms with E-state index < -0.39 is 16.8 Å². The lowest BCUT2D eigenvalue weighted by molar-refractivity contribution is -0.138. The average Bonchev–Trinajstić information content (AvgIpc) is 2.70. The molecule has 2 N–H and O–H groups in total. The number of aliphatic carboxylic acids is 1. The molecule has 3 rings (SSSR count). The quantitative estimate of drug-likeness (QED) is 0.472. The van der Waals surface area contributed by atoms with Gasteiger partial charge in [-0.1, -0.05) is 103 Å². The minimum Gasteiger partial charge on any atom is -0.480 e. The SMILES string of the molecule is C[C@H](NSC(c1ccccc1)(c1ccccc1)c1ccccc1)C(=O)O. The van der Waals surface area contributed by atoms with E-state index >= 15 is 0 Å². The van der Waals surface area contributed by atoms with E-state index in [2.05, 4.69) is 41.1 Å². The first-order valence-electron chi connectivity index (χ1n) is 8.47. The van der Waals surface area contributed by atoms with Crippen molar-refractivity contribution >= 4 is 17.9 Å². The molecule has 0 aliphatic rings. The van der Waals surface area contributed by atoms with Crippen LogP contribution in [-0.2, 0) is 9.54 Å². The van der Waals surface area contributed by atoms with E-state index in [1.54, 1.807) is 6.92 Å². The van der Waals surface area contributed by atoms with Gasteiger partial charge < -0.3 is 5.11 Å². The maximum Gasteiger partial charge on any atom is 0.321 e. The van der Waals surface area contributed by atoms with Gasteiger partial charge in [0.05, 0.1) is 0 Å². The third-order valence-corrected chi connectivity index (χ3v) is 5.78. The molecule has 0 aliphatic carbocycles. The number of rotatable bonds is 7. The topological polar surface area (TPSA) is 49.3 Å². The van der Waals surface area contributed by atoms with Crippen LogP contribution in [0.3, 0.4) is 0 Å². The van der Waals surface area contributed by atoms with Crippen LogP contribution < -0.4 is 4.72 Å². The van der Waals surface area contributed by atoms with Crippen molar-refractivity contribution in [3.63, 3.8) is 0 Å². The molecule has 0 heterocycles. The maximum absolute atomic E-state index is 11.3. The molecule has 0 aliphatic heterocycles. The van der Waals surface area contributed by atoms with E-state index in [4.69, 9.17) is 0 Å². The first-order valence-corrected chi connectivity index (χ1v) is 9.29. The van der Waals surface area contributed by atoms with Gasteiger partial charge in [0.25, 0.3) is 0 Å². The number of carbonyl (C=O) groups is 1. The summed E-state index contributed by atoms with van der Waals surface area (Å²) in [6.45, 7) is 1.65. The van der Waals surface area contributed by atoms with E-state index in [1.165, 1.54) is 11.9 Å². The van der Waals surface area contributed by atoms with Crippen LogP contribution in [0.25, 0.3) is 0 Å². The van der Waals surface area contributed by atoms with Crippen LogP contribution in [0.1, 0.15) is 23.6 Å². The molecule has 0 saturated carbocycles. The van der Waals surface area contributed by atoms with Gasteiger partial charge in [-0.2, -0.15) is 0 Å². The molecule has 1 atom stereocenters. The van der Waals surface area contributed by atoms with Gasteiger partial charge in [0, 0.05) is 0 Å². The predicted octanol–water partition coefficient (Wildman–Crippen LogP) is 4.69. The molecular weight excluding hydrogens is 342 g/mol. The molecule has 3 nitrogen and oxygen atoms in total. The fourth-order valence-corrected chi connectivity index (χ4v) is 4.14. The van der Waals surface area contributed by atoms with Gasteiger partial charge in [0.1, 0.15) is 10.8 Å². The molecule has 0 saturated heterocycles. The van der Waals surface area contributed by atoms with E-state index in [0.29, 0.717) is 0 Å². The van der Waals surface area contributed by atoms with Crippen LogP contribution in [0, 0.1) is 0 Å². The van der Waals surface area contributed by atoms with Crippen LogP contribution in [-0.4, -0.2) is 17.1 Å². The first kappa shape index (κ1) is 18.2. The number of carboxylic acid groups (broad SMARTS) is 1. The zero-order chi connectivity index (χ0) is 18.4. The minimum absolute atomic E-state index is 0.562. The summed E-state index contributed by atoms with van der Waals surface area (Å²) in [6, 6.07) is 29.9. The number of carboxylic acids is 1. The molecule has 3 aromatic rings. The molecule has 0 spiro atoms. The lowest BCUT2D eigenvalue weighted by atomic mass is 9.84. The minimum atomic E-state index is -0.874. The molecule has 3 aromatic carbocycles. The van der Waals surface area contributed by atoms with E-state index in [1.807, 2.05) is 54.6 Å². The lowest BCUT2D eigenvalue weighted by Crippen LogP contribution is -2.36. The van der Waals surface area contributed by atoms with Crippen molar-refractivity contribution in [1.82, 2.24) is 4.72 Å². The fourth-order valence-electron chi connectivity index (χ4n) is 2.92. The summed E-state index contributed by atoms with van der Waals surface area (Å²) in [5, 5.41) is 9.31. The summed E-state index contributed by atoms with van der Waals surface area (Å²) >= 11 is 1.43. The zero-order valence-electron chi connectivity index (χ0n) is 14.5. The Morgan fingerprint density at radius 1 is 0.808 bits per heavy atom. The second-order valence-electron chi connectivity index (χ2n) is 6.06. The predicted molar refractivity (Wildman–Crippen MR) is 107 cm³/mol. The monoisotopic (exact) mass is 363 g/mol. The van der Waals surface area contributed by atoms with Gasteiger partial charge in [0.15, 0.2) is 0 Å². The highest BCUT2D eigenvalue weighted by atomic mass is 32.2. The molecule has 0 aromatic heterocycles. The highest BCUT2D eigenvalue weighted by Crippen LogP contribution is 2.47. The van der Waals surface area contributed by atoms with Crippen molar-refractivity contribution in [2.75, 3.05) is 0 Å². The van der Waals surface area contributed by atoms with Crippen LogP contribution in [0.4, 0.5) is 0 Å². The number of hydrogen-bond acceptors (Lipinski definition) is 3. The van der Waals surface area contributed by atoms with Crippen molar-refractivity contribution in [2.45, 2.75) is 17.7 Å². The highest BCUT2D eigenvalue weighted by molar-refractivity contribution is 7.98. The molecule has 132 valence electrons. The Hall–Kier alpha value is -2.56. The Labute approximate surface area is 158 Å². The summed E-state index contributed by atoms with van der Waals surface area (Å²) in [5.74, 6) is -0.874. The normalized spacial score (nSPS) is 12.5. The lowest BCUT2D eigenvalue weighted by Gasteiger charge is -2.35. The van der Waals surface area contributed by atoms with Crippen molar-refractivity contribution in [3.05, 3.63) is 108 Å². The molecule has 4 heteroatoms. The molecule has 26 heavy (non-hydrogen) atoms. The van der Waals surface area contributed by atoms with Crippen molar-refractivity contribution < 1.29 is 9.90 Å². The third-order valence-electron chi connectivity index (χ3n) is 4.30. The number of nitrogens with one attached hydrogen (secondary N) is 1. The first-order chi connectivity index (χ1) is 12.6. The number of hydrogen-bond donors (Lipinski definition) is 2. The Kier molecular flexibility index (Phi) is 5.76. The second-order valence-corrected chi connectivity index (χ2v) is 7.11. The molecule has 0 unspecified atom stereocenters. The Morgan fingerprint density at radius 2 is 1.15 bits per heavy atom. The largest absolute Gasteiger partial charge is 0.480 e. The fraction of sp³-hybridized carbons (Fsp3) is 0.136. The van der Waals surface area contributed by atoms with Gasteiger partial charge >= 0.3 is 5.97 Å². The van der Waals surface area contributed by atoms with E-state index in [-0.39, 0.29) is 0 Å². The van der Waals surface area contributed by atoms with E-state index in [9.17, 15) is 9.90 Å². The molecular formula is C22H21NO2S. The molecule has 0 fully saturated rings. The van der Waals surface area contributed by atoms with Crippen LogP contribution in [0.15, 0.2) is 91.0 Å². The zero-order valence-corrected chi connectivity index (χ0v) is 15.3. The van der Waals surface area contributed by atoms with Gasteiger partial charge in [-0.05, 0) is 23.6 Å². The number of benzene rings is 3. The molecule has 0 bridgehead atoms. The Morgan fingerprint density at radius 3 is 1.46 bits per heavy atom. The third kappa shape index (κ3) is 3.66. The van der Waals surface area contributed by atoms with Gasteiger partial charge in [-0.3, -0.25) is 4.79 Å². The standard InChI is InChI=1S/C22H21NO2S/c1-17(21(24)25)23-26-22(18-11-5-2-6-12-18,19-13-7-3-8-14-19)20-15-9-4-10-16-20/h2-17,23H,1H3,(H,24,25)/t17-/m0/s1. The second kappa shape index (κ2) is 8.21. The summed E-state index contributed by atoms with van der Waals surface area (Å²) < 4.78 is 2.57. The van der Waals surface area contributed by atoms with Gasteiger partial charge in [-0.25, -0.2) is 4.72 Å². The molecule has 0 amide bonds.